The van der Waals surface area contributed by atoms with Gasteiger partial charge in [-0.05, 0) is 55.8 Å². The van der Waals surface area contributed by atoms with Gasteiger partial charge in [-0.3, -0.25) is 0 Å². The first-order chi connectivity index (χ1) is 10.0. The van der Waals surface area contributed by atoms with Crippen LogP contribution in [0.25, 0.3) is 0 Å². The normalized spacial score (nSPS) is 39.0. The number of hydrogen-bond acceptors (Lipinski definition) is 1. The zero-order chi connectivity index (χ0) is 16.3. The predicted molar refractivity (Wildman–Crippen MR) is 66.4 cm³/mol. The van der Waals surface area contributed by atoms with Gasteiger partial charge in [0.2, 0.25) is 0 Å². The lowest BCUT2D eigenvalue weighted by molar-refractivity contribution is -0.388. The maximum absolute atomic E-state index is 13.1. The third-order valence-electron chi connectivity index (χ3n) is 5.46. The number of aliphatic hydroxyl groups is 1. The van der Waals surface area contributed by atoms with E-state index in [1.165, 1.54) is 0 Å². The maximum Gasteiger partial charge on any atom is 0.426 e. The predicted octanol–water partition coefficient (Wildman–Crippen LogP) is 4.28. The van der Waals surface area contributed by atoms with Crippen molar-refractivity contribution in [2.75, 3.05) is 0 Å². The summed E-state index contributed by atoms with van der Waals surface area (Å²) < 4.78 is 78.6. The van der Waals surface area contributed by atoms with E-state index in [0.29, 0.717) is 6.42 Å². The Labute approximate surface area is 124 Å². The molecule has 1 radical (unpaired) electrons. The maximum atomic E-state index is 13.1. The lowest BCUT2D eigenvalue weighted by Crippen LogP contribution is -2.62. The average molecular weight is 327 g/mol. The van der Waals surface area contributed by atoms with E-state index < -0.39 is 29.8 Å². The fourth-order valence-corrected chi connectivity index (χ4v) is 4.54. The van der Waals surface area contributed by atoms with Gasteiger partial charge in [-0.15, -0.1) is 0 Å². The molecule has 3 aliphatic rings. The minimum absolute atomic E-state index is 0.0125. The van der Waals surface area contributed by atoms with E-state index in [1.807, 2.05) is 18.6 Å². The summed E-state index contributed by atoms with van der Waals surface area (Å²) >= 11 is 0. The van der Waals surface area contributed by atoms with E-state index in [0.717, 1.165) is 6.42 Å². The van der Waals surface area contributed by atoms with Gasteiger partial charge < -0.3 is 5.11 Å². The summed E-state index contributed by atoms with van der Waals surface area (Å²) in [4.78, 5) is 0. The summed E-state index contributed by atoms with van der Waals surface area (Å²) in [6, 6.07) is 0. The number of hydrogen-bond donors (Lipinski definition) is 1. The van der Waals surface area contributed by atoms with Crippen LogP contribution < -0.4 is 0 Å². The first kappa shape index (κ1) is 16.1. The van der Waals surface area contributed by atoms with Crippen molar-refractivity contribution < 1.29 is 31.4 Å². The van der Waals surface area contributed by atoms with E-state index in [-0.39, 0.29) is 30.6 Å². The Hall–Kier alpha value is -0.720. The fourth-order valence-electron chi connectivity index (χ4n) is 4.54. The Bertz CT molecular complexity index is 452. The van der Waals surface area contributed by atoms with Crippen LogP contribution in [0.4, 0.5) is 26.3 Å². The molecule has 0 amide bonds. The van der Waals surface area contributed by atoms with Crippen molar-refractivity contribution >= 4 is 0 Å². The second-order valence-corrected chi connectivity index (χ2v) is 6.83. The van der Waals surface area contributed by atoms with Crippen LogP contribution in [0.2, 0.25) is 0 Å². The molecule has 2 fully saturated rings. The molecule has 0 aromatic heterocycles. The molecule has 3 rings (SSSR count). The standard InChI is InChI=1S/C15H17F6O/c16-14(17,18)13(22,15(19,20)21)12-7-10-4-8-1-2-9(3-8)5-11(12)6-10/h1-2,4,8-12,22H,3,5-7H2. The number of alkyl halides is 6. The Morgan fingerprint density at radius 3 is 1.95 bits per heavy atom. The van der Waals surface area contributed by atoms with Crippen molar-refractivity contribution in [3.05, 3.63) is 18.6 Å². The van der Waals surface area contributed by atoms with Crippen molar-refractivity contribution in [2.24, 2.45) is 29.6 Å². The van der Waals surface area contributed by atoms with Gasteiger partial charge in [-0.1, -0.05) is 12.2 Å². The van der Waals surface area contributed by atoms with Gasteiger partial charge in [-0.2, -0.15) is 26.3 Å². The number of allylic oxidation sites excluding steroid dienone is 2. The van der Waals surface area contributed by atoms with Crippen LogP contribution in [0.5, 0.6) is 0 Å². The molecular formula is C15H17F6O. The molecule has 0 aromatic rings. The first-order valence-corrected chi connectivity index (χ1v) is 7.41. The molecule has 125 valence electrons. The fraction of sp³-hybridized carbons (Fsp3) is 0.800. The third kappa shape index (κ3) is 2.36. The molecule has 0 saturated heterocycles. The molecule has 2 saturated carbocycles. The highest BCUT2D eigenvalue weighted by Gasteiger charge is 2.75. The second-order valence-electron chi connectivity index (χ2n) is 6.83. The first-order valence-electron chi connectivity index (χ1n) is 7.41. The minimum atomic E-state index is -5.72. The molecular weight excluding hydrogens is 310 g/mol. The van der Waals surface area contributed by atoms with Crippen molar-refractivity contribution in [2.45, 2.75) is 43.6 Å². The second kappa shape index (κ2) is 4.89. The summed E-state index contributed by atoms with van der Waals surface area (Å²) in [7, 11) is 0. The van der Waals surface area contributed by atoms with E-state index in [2.05, 4.69) is 0 Å². The number of rotatable bonds is 1. The summed E-state index contributed by atoms with van der Waals surface area (Å²) in [5.41, 5.74) is -4.61. The van der Waals surface area contributed by atoms with Crippen LogP contribution in [0.15, 0.2) is 12.2 Å². The molecule has 0 aromatic carbocycles. The van der Waals surface area contributed by atoms with Gasteiger partial charge in [0.1, 0.15) is 0 Å². The SMILES string of the molecule is OC(C1CC2[CH]C3C=CC(C3)CC1C2)(C(F)(F)F)C(F)(F)F. The average Bonchev–Trinajstić information content (AvgIpc) is 2.94. The summed E-state index contributed by atoms with van der Waals surface area (Å²) in [5.74, 6) is -2.72. The van der Waals surface area contributed by atoms with Gasteiger partial charge in [0.25, 0.3) is 5.60 Å². The van der Waals surface area contributed by atoms with Gasteiger partial charge in [0, 0.05) is 5.92 Å². The molecule has 0 heterocycles. The molecule has 7 heteroatoms. The summed E-state index contributed by atoms with van der Waals surface area (Å²) in [6.07, 6.45) is -4.59. The van der Waals surface area contributed by atoms with Crippen LogP contribution in [0.1, 0.15) is 25.7 Å². The van der Waals surface area contributed by atoms with Crippen LogP contribution in [-0.2, 0) is 0 Å². The van der Waals surface area contributed by atoms with Crippen molar-refractivity contribution in [1.82, 2.24) is 0 Å². The lowest BCUT2D eigenvalue weighted by atomic mass is 9.75. The molecule has 5 atom stereocenters. The highest BCUT2D eigenvalue weighted by molar-refractivity contribution is 5.15. The molecule has 4 bridgehead atoms. The Balaban J connectivity index is 1.95. The Morgan fingerprint density at radius 2 is 1.36 bits per heavy atom. The van der Waals surface area contributed by atoms with E-state index >= 15 is 0 Å². The molecule has 5 unspecified atom stereocenters. The summed E-state index contributed by atoms with van der Waals surface area (Å²) in [5, 5.41) is 9.70. The topological polar surface area (TPSA) is 20.2 Å². The monoisotopic (exact) mass is 327 g/mol. The van der Waals surface area contributed by atoms with E-state index in [1.54, 1.807) is 0 Å². The molecule has 1 N–H and O–H groups in total. The largest absolute Gasteiger partial charge is 0.426 e. The highest BCUT2D eigenvalue weighted by Crippen LogP contribution is 2.58. The lowest BCUT2D eigenvalue weighted by Gasteiger charge is -2.40. The molecule has 0 spiro atoms. The Morgan fingerprint density at radius 1 is 0.773 bits per heavy atom. The van der Waals surface area contributed by atoms with E-state index in [4.69, 9.17) is 0 Å². The smallest absolute Gasteiger partial charge is 0.373 e. The van der Waals surface area contributed by atoms with Crippen molar-refractivity contribution in [3.63, 3.8) is 0 Å². The molecule has 0 aliphatic heterocycles. The molecule has 3 aliphatic carbocycles. The van der Waals surface area contributed by atoms with Gasteiger partial charge >= 0.3 is 12.4 Å². The van der Waals surface area contributed by atoms with Crippen LogP contribution in [-0.4, -0.2) is 23.1 Å². The van der Waals surface area contributed by atoms with E-state index in [9.17, 15) is 31.4 Å². The molecule has 22 heavy (non-hydrogen) atoms. The van der Waals surface area contributed by atoms with Crippen LogP contribution in [0, 0.1) is 36.0 Å². The van der Waals surface area contributed by atoms with Gasteiger partial charge in [0.15, 0.2) is 0 Å². The third-order valence-corrected chi connectivity index (χ3v) is 5.46. The molecule has 1 nitrogen and oxygen atoms in total. The number of halogens is 6. The highest BCUT2D eigenvalue weighted by atomic mass is 19.4. The number of fused-ring (bicyclic) bond motifs is 4. The zero-order valence-electron chi connectivity index (χ0n) is 11.7. The zero-order valence-corrected chi connectivity index (χ0v) is 11.7. The van der Waals surface area contributed by atoms with Crippen molar-refractivity contribution in [1.29, 1.82) is 0 Å². The van der Waals surface area contributed by atoms with Gasteiger partial charge in [-0.25, -0.2) is 0 Å². The van der Waals surface area contributed by atoms with Crippen LogP contribution in [0.3, 0.4) is 0 Å². The van der Waals surface area contributed by atoms with Crippen LogP contribution >= 0.6 is 0 Å². The van der Waals surface area contributed by atoms with Gasteiger partial charge in [0.05, 0.1) is 0 Å². The van der Waals surface area contributed by atoms with Crippen molar-refractivity contribution in [3.8, 4) is 0 Å². The quantitative estimate of drug-likeness (QED) is 0.563. The minimum Gasteiger partial charge on any atom is -0.373 e. The Kier molecular flexibility index (Phi) is 3.59. The summed E-state index contributed by atoms with van der Waals surface area (Å²) in [6.45, 7) is 0.